The van der Waals surface area contributed by atoms with Gasteiger partial charge in [0.15, 0.2) is 0 Å². The summed E-state index contributed by atoms with van der Waals surface area (Å²) in [6, 6.07) is 18.3. The summed E-state index contributed by atoms with van der Waals surface area (Å²) in [4.78, 5) is 0. The molecule has 0 radical (unpaired) electrons. The van der Waals surface area contributed by atoms with Gasteiger partial charge in [-0.2, -0.15) is 0 Å². The second-order valence-electron chi connectivity index (χ2n) is 4.06. The van der Waals surface area contributed by atoms with Crippen LogP contribution in [-0.2, 0) is 4.74 Å². The van der Waals surface area contributed by atoms with Crippen LogP contribution in [0.4, 0.5) is 0 Å². The zero-order valence-electron chi connectivity index (χ0n) is 11.5. The van der Waals surface area contributed by atoms with E-state index >= 15 is 0 Å². The maximum Gasteiger partial charge on any atom is 0.0830 e. The van der Waals surface area contributed by atoms with Crippen molar-refractivity contribution in [1.82, 2.24) is 0 Å². The van der Waals surface area contributed by atoms with Crippen molar-refractivity contribution in [3.05, 3.63) is 84.1 Å². The lowest BCUT2D eigenvalue weighted by Gasteiger charge is -1.91. The van der Waals surface area contributed by atoms with E-state index in [-0.39, 0.29) is 0 Å². The number of aryl methyl sites for hydroxylation is 1. The van der Waals surface area contributed by atoms with Gasteiger partial charge in [0.2, 0.25) is 0 Å². The lowest BCUT2D eigenvalue weighted by Crippen LogP contribution is -1.71. The summed E-state index contributed by atoms with van der Waals surface area (Å²) >= 11 is 0. The zero-order valence-corrected chi connectivity index (χ0v) is 11.5. The molecule has 2 aromatic carbocycles. The summed E-state index contributed by atoms with van der Waals surface area (Å²) in [6.07, 6.45) is 5.43. The molecule has 0 spiro atoms. The molecule has 2 aromatic rings. The fraction of sp³-hybridized carbons (Fsp3) is 0.111. The second kappa shape index (κ2) is 8.76. The van der Waals surface area contributed by atoms with Gasteiger partial charge in [0.1, 0.15) is 0 Å². The summed E-state index contributed by atoms with van der Waals surface area (Å²) in [5.41, 5.74) is 3.63. The number of ether oxygens (including phenoxy) is 1. The molecule has 98 valence electrons. The minimum absolute atomic E-state index is 1.16. The Kier molecular flexibility index (Phi) is 6.81. The van der Waals surface area contributed by atoms with E-state index in [2.05, 4.69) is 37.8 Å². The molecular weight excluding hydrogens is 232 g/mol. The van der Waals surface area contributed by atoms with Crippen LogP contribution >= 0.6 is 0 Å². The van der Waals surface area contributed by atoms with Crippen LogP contribution in [0.1, 0.15) is 16.7 Å². The van der Waals surface area contributed by atoms with Crippen molar-refractivity contribution >= 4 is 12.2 Å². The Balaban J connectivity index is 0.000000191. The third-order valence-electron chi connectivity index (χ3n) is 2.51. The minimum Gasteiger partial charge on any atom is -0.504 e. The quantitative estimate of drug-likeness (QED) is 0.703. The van der Waals surface area contributed by atoms with Gasteiger partial charge in [-0.1, -0.05) is 72.8 Å². The smallest absolute Gasteiger partial charge is 0.0830 e. The number of methoxy groups -OCH3 is 1. The Morgan fingerprint density at radius 2 is 1.53 bits per heavy atom. The fourth-order valence-corrected chi connectivity index (χ4v) is 1.41. The topological polar surface area (TPSA) is 9.23 Å². The first-order valence-corrected chi connectivity index (χ1v) is 6.19. The third-order valence-corrected chi connectivity index (χ3v) is 2.51. The van der Waals surface area contributed by atoms with Gasteiger partial charge in [-0.05, 0) is 24.1 Å². The van der Waals surface area contributed by atoms with Crippen molar-refractivity contribution in [3.8, 4) is 0 Å². The normalized spacial score (nSPS) is 9.58. The molecular formula is C18H20O. The molecule has 0 saturated heterocycles. The molecule has 0 bridgehead atoms. The van der Waals surface area contributed by atoms with Gasteiger partial charge in [0.25, 0.3) is 0 Å². The molecule has 0 aromatic heterocycles. The lowest BCUT2D eigenvalue weighted by molar-refractivity contribution is 0.341. The lowest BCUT2D eigenvalue weighted by atomic mass is 10.2. The summed E-state index contributed by atoms with van der Waals surface area (Å²) in [7, 11) is 1.64. The van der Waals surface area contributed by atoms with Gasteiger partial charge in [0.05, 0.1) is 13.4 Å². The molecule has 19 heavy (non-hydrogen) atoms. The van der Waals surface area contributed by atoms with Gasteiger partial charge in [-0.3, -0.25) is 0 Å². The number of benzene rings is 2. The van der Waals surface area contributed by atoms with Crippen molar-refractivity contribution in [1.29, 1.82) is 0 Å². The highest BCUT2D eigenvalue weighted by atomic mass is 16.5. The Morgan fingerprint density at radius 3 is 2.05 bits per heavy atom. The summed E-state index contributed by atoms with van der Waals surface area (Å²) in [5.74, 6) is 0. The summed E-state index contributed by atoms with van der Waals surface area (Å²) in [5, 5.41) is 0. The minimum atomic E-state index is 1.16. The molecule has 0 heterocycles. The molecule has 0 aliphatic heterocycles. The van der Waals surface area contributed by atoms with E-state index in [0.717, 1.165) is 5.56 Å². The van der Waals surface area contributed by atoms with E-state index in [1.54, 1.807) is 13.4 Å². The molecule has 0 aliphatic carbocycles. The van der Waals surface area contributed by atoms with Crippen LogP contribution in [0, 0.1) is 6.92 Å². The number of hydrogen-bond acceptors (Lipinski definition) is 1. The largest absolute Gasteiger partial charge is 0.504 e. The first-order chi connectivity index (χ1) is 9.26. The van der Waals surface area contributed by atoms with Crippen LogP contribution in [0.5, 0.6) is 0 Å². The highest BCUT2D eigenvalue weighted by Gasteiger charge is 1.82. The zero-order chi connectivity index (χ0) is 13.9. The molecule has 0 amide bonds. The average molecular weight is 252 g/mol. The molecule has 1 nitrogen and oxygen atoms in total. The van der Waals surface area contributed by atoms with Gasteiger partial charge in [-0.25, -0.2) is 0 Å². The Bertz CT molecular complexity index is 495. The summed E-state index contributed by atoms with van der Waals surface area (Å²) in [6.45, 7) is 5.74. The van der Waals surface area contributed by atoms with Crippen LogP contribution in [0.25, 0.3) is 12.2 Å². The van der Waals surface area contributed by atoms with Crippen molar-refractivity contribution in [2.45, 2.75) is 6.92 Å². The number of hydrogen-bond donors (Lipinski definition) is 0. The maximum absolute atomic E-state index is 4.77. The SMILES string of the molecule is C=Cc1ccc(C)cc1.COC=Cc1ccccc1. The van der Waals surface area contributed by atoms with Crippen LogP contribution in [0.2, 0.25) is 0 Å². The van der Waals surface area contributed by atoms with E-state index in [1.807, 2.05) is 42.5 Å². The van der Waals surface area contributed by atoms with Gasteiger partial charge >= 0.3 is 0 Å². The predicted octanol–water partition coefficient (Wildman–Crippen LogP) is 4.94. The van der Waals surface area contributed by atoms with Crippen LogP contribution in [0.15, 0.2) is 67.4 Å². The monoisotopic (exact) mass is 252 g/mol. The molecule has 0 fully saturated rings. The molecule has 0 atom stereocenters. The molecule has 0 saturated carbocycles. The highest BCUT2D eigenvalue weighted by molar-refractivity contribution is 5.47. The van der Waals surface area contributed by atoms with Gasteiger partial charge < -0.3 is 4.74 Å². The fourth-order valence-electron chi connectivity index (χ4n) is 1.41. The van der Waals surface area contributed by atoms with E-state index < -0.39 is 0 Å². The van der Waals surface area contributed by atoms with E-state index in [9.17, 15) is 0 Å². The maximum atomic E-state index is 4.77. The molecule has 1 heteroatoms. The van der Waals surface area contributed by atoms with Crippen molar-refractivity contribution in [3.63, 3.8) is 0 Å². The highest BCUT2D eigenvalue weighted by Crippen LogP contribution is 2.02. The van der Waals surface area contributed by atoms with Crippen LogP contribution < -0.4 is 0 Å². The van der Waals surface area contributed by atoms with Crippen molar-refractivity contribution < 1.29 is 4.74 Å². The van der Waals surface area contributed by atoms with E-state index in [0.29, 0.717) is 0 Å². The Hall–Kier alpha value is -2.28. The third kappa shape index (κ3) is 6.27. The van der Waals surface area contributed by atoms with E-state index in [1.165, 1.54) is 11.1 Å². The molecule has 0 aliphatic rings. The second-order valence-corrected chi connectivity index (χ2v) is 4.06. The molecule has 0 N–H and O–H groups in total. The van der Waals surface area contributed by atoms with Crippen molar-refractivity contribution in [2.75, 3.05) is 7.11 Å². The Morgan fingerprint density at radius 1 is 0.895 bits per heavy atom. The first kappa shape index (κ1) is 14.8. The molecule has 0 unspecified atom stereocenters. The molecule has 2 rings (SSSR count). The number of rotatable bonds is 3. The Labute approximate surface area is 115 Å². The first-order valence-electron chi connectivity index (χ1n) is 6.19. The summed E-state index contributed by atoms with van der Waals surface area (Å²) < 4.78 is 4.77. The predicted molar refractivity (Wildman–Crippen MR) is 83.8 cm³/mol. The average Bonchev–Trinajstić information content (AvgIpc) is 2.48. The van der Waals surface area contributed by atoms with Crippen LogP contribution in [-0.4, -0.2) is 7.11 Å². The van der Waals surface area contributed by atoms with Crippen LogP contribution in [0.3, 0.4) is 0 Å². The standard InChI is InChI=1S/C9H10O.C9H10/c1-10-8-7-9-5-3-2-4-6-9;1-3-9-6-4-8(2)5-7-9/h2-8H,1H3;3-7H,1H2,2H3. The van der Waals surface area contributed by atoms with Gasteiger partial charge in [-0.15, -0.1) is 0 Å². The van der Waals surface area contributed by atoms with Crippen molar-refractivity contribution in [2.24, 2.45) is 0 Å². The van der Waals surface area contributed by atoms with Gasteiger partial charge in [0, 0.05) is 0 Å². The van der Waals surface area contributed by atoms with E-state index in [4.69, 9.17) is 4.74 Å².